The van der Waals surface area contributed by atoms with E-state index >= 15 is 0 Å². The Labute approximate surface area is 146 Å². The summed E-state index contributed by atoms with van der Waals surface area (Å²) < 4.78 is 11.0. The molecule has 5 nitrogen and oxygen atoms in total. The fourth-order valence-corrected chi connectivity index (χ4v) is 2.90. The lowest BCUT2D eigenvalue weighted by Crippen LogP contribution is -2.48. The van der Waals surface area contributed by atoms with E-state index in [4.69, 9.17) is 9.47 Å². The van der Waals surface area contributed by atoms with Gasteiger partial charge in [0.1, 0.15) is 5.75 Å². The van der Waals surface area contributed by atoms with Gasteiger partial charge < -0.3 is 14.6 Å². The second-order valence-electron chi connectivity index (χ2n) is 6.69. The first-order valence-corrected chi connectivity index (χ1v) is 9.03. The number of nitrogens with zero attached hydrogens (tertiary/aromatic N) is 2. The molecule has 0 spiro atoms. The summed E-state index contributed by atoms with van der Waals surface area (Å²) in [5.74, 6) is 0.934. The molecular formula is C19H32N2O3. The first-order valence-electron chi connectivity index (χ1n) is 9.03. The number of ether oxygens (including phenoxy) is 2. The number of aliphatic hydroxyl groups is 1. The molecule has 0 aliphatic carbocycles. The van der Waals surface area contributed by atoms with Crippen LogP contribution in [-0.2, 0) is 11.3 Å². The maximum atomic E-state index is 10.0. The zero-order chi connectivity index (χ0) is 17.4. The number of aliphatic hydroxyl groups excluding tert-OH is 1. The Morgan fingerprint density at radius 1 is 1.04 bits per heavy atom. The molecule has 1 unspecified atom stereocenters. The molecular weight excluding hydrogens is 304 g/mol. The number of β-amino-alcohol motifs (C(OH)–C–C–N with tert-alkyl or cyclic N) is 1. The van der Waals surface area contributed by atoms with Gasteiger partial charge in [0.05, 0.1) is 25.4 Å². The highest BCUT2D eigenvalue weighted by Crippen LogP contribution is 2.14. The molecule has 0 amide bonds. The molecule has 1 atom stereocenters. The van der Waals surface area contributed by atoms with E-state index in [0.717, 1.165) is 38.5 Å². The van der Waals surface area contributed by atoms with E-state index in [1.165, 1.54) is 5.56 Å². The highest BCUT2D eigenvalue weighted by molar-refractivity contribution is 5.27. The second-order valence-corrected chi connectivity index (χ2v) is 6.69. The third-order valence-electron chi connectivity index (χ3n) is 4.20. The Kier molecular flexibility index (Phi) is 7.99. The average molecular weight is 336 g/mol. The van der Waals surface area contributed by atoms with Gasteiger partial charge in [-0.25, -0.2) is 0 Å². The van der Waals surface area contributed by atoms with E-state index < -0.39 is 6.10 Å². The van der Waals surface area contributed by atoms with Gasteiger partial charge in [-0.05, 0) is 38.5 Å². The van der Waals surface area contributed by atoms with E-state index in [1.54, 1.807) is 0 Å². The standard InChI is InChI=1S/C19H32N2O3/c1-4-23-19-7-5-17(6-8-19)13-20-9-11-21(12-10-20)14-18(22)15-24-16(2)3/h5-8,16,18,22H,4,9-15H2,1-3H3. The zero-order valence-corrected chi connectivity index (χ0v) is 15.3. The van der Waals surface area contributed by atoms with Gasteiger partial charge in [0.25, 0.3) is 0 Å². The Bertz CT molecular complexity index is 456. The molecule has 24 heavy (non-hydrogen) atoms. The van der Waals surface area contributed by atoms with Gasteiger partial charge in [0.15, 0.2) is 0 Å². The fraction of sp³-hybridized carbons (Fsp3) is 0.684. The highest BCUT2D eigenvalue weighted by Gasteiger charge is 2.19. The summed E-state index contributed by atoms with van der Waals surface area (Å²) in [5.41, 5.74) is 1.32. The van der Waals surface area contributed by atoms with Crippen LogP contribution in [0.1, 0.15) is 26.3 Å². The Morgan fingerprint density at radius 2 is 1.67 bits per heavy atom. The van der Waals surface area contributed by atoms with Crippen molar-refractivity contribution in [1.82, 2.24) is 9.80 Å². The minimum Gasteiger partial charge on any atom is -0.494 e. The predicted molar refractivity (Wildman–Crippen MR) is 96.4 cm³/mol. The van der Waals surface area contributed by atoms with Crippen molar-refractivity contribution in [3.63, 3.8) is 0 Å². The summed E-state index contributed by atoms with van der Waals surface area (Å²) in [7, 11) is 0. The van der Waals surface area contributed by atoms with Gasteiger partial charge in [-0.15, -0.1) is 0 Å². The maximum Gasteiger partial charge on any atom is 0.119 e. The molecule has 1 saturated heterocycles. The van der Waals surface area contributed by atoms with Crippen LogP contribution in [0.5, 0.6) is 5.75 Å². The van der Waals surface area contributed by atoms with Crippen molar-refractivity contribution >= 4 is 0 Å². The third kappa shape index (κ3) is 6.77. The van der Waals surface area contributed by atoms with Gasteiger partial charge in [-0.3, -0.25) is 9.80 Å². The summed E-state index contributed by atoms with van der Waals surface area (Å²) in [6.07, 6.45) is -0.226. The van der Waals surface area contributed by atoms with Gasteiger partial charge in [-0.1, -0.05) is 12.1 Å². The predicted octanol–water partition coefficient (Wildman–Crippen LogP) is 1.99. The Balaban J connectivity index is 1.68. The molecule has 0 aromatic heterocycles. The van der Waals surface area contributed by atoms with Crippen molar-refractivity contribution < 1.29 is 14.6 Å². The lowest BCUT2D eigenvalue weighted by molar-refractivity contribution is -0.0148. The lowest BCUT2D eigenvalue weighted by Gasteiger charge is -2.35. The third-order valence-corrected chi connectivity index (χ3v) is 4.20. The molecule has 136 valence electrons. The lowest BCUT2D eigenvalue weighted by atomic mass is 10.2. The molecule has 1 aromatic rings. The van der Waals surface area contributed by atoms with Crippen LogP contribution in [0.4, 0.5) is 0 Å². The molecule has 0 bridgehead atoms. The van der Waals surface area contributed by atoms with Crippen LogP contribution in [0.25, 0.3) is 0 Å². The van der Waals surface area contributed by atoms with Gasteiger partial charge in [0, 0.05) is 39.3 Å². The Hall–Kier alpha value is -1.14. The van der Waals surface area contributed by atoms with Gasteiger partial charge >= 0.3 is 0 Å². The van der Waals surface area contributed by atoms with Crippen LogP contribution in [0.2, 0.25) is 0 Å². The molecule has 0 radical (unpaired) electrons. The fourth-order valence-electron chi connectivity index (χ4n) is 2.90. The Morgan fingerprint density at radius 3 is 2.25 bits per heavy atom. The summed E-state index contributed by atoms with van der Waals surface area (Å²) in [5, 5.41) is 10.0. The van der Waals surface area contributed by atoms with Crippen LogP contribution in [0.15, 0.2) is 24.3 Å². The highest BCUT2D eigenvalue weighted by atomic mass is 16.5. The van der Waals surface area contributed by atoms with Crippen molar-refractivity contribution in [2.24, 2.45) is 0 Å². The molecule has 1 N–H and O–H groups in total. The van der Waals surface area contributed by atoms with E-state index in [0.29, 0.717) is 19.8 Å². The van der Waals surface area contributed by atoms with Crippen LogP contribution in [0, 0.1) is 0 Å². The summed E-state index contributed by atoms with van der Waals surface area (Å²) in [6.45, 7) is 12.8. The number of hydrogen-bond acceptors (Lipinski definition) is 5. The summed E-state index contributed by atoms with van der Waals surface area (Å²) >= 11 is 0. The number of rotatable bonds is 9. The molecule has 2 rings (SSSR count). The SMILES string of the molecule is CCOc1ccc(CN2CCN(CC(O)COC(C)C)CC2)cc1. The van der Waals surface area contributed by atoms with E-state index in [2.05, 4.69) is 21.9 Å². The van der Waals surface area contributed by atoms with E-state index in [-0.39, 0.29) is 6.10 Å². The van der Waals surface area contributed by atoms with E-state index in [1.807, 2.05) is 32.9 Å². The van der Waals surface area contributed by atoms with Crippen molar-refractivity contribution in [3.8, 4) is 5.75 Å². The second kappa shape index (κ2) is 9.99. The summed E-state index contributed by atoms with van der Waals surface area (Å²) in [4.78, 5) is 4.78. The minimum absolute atomic E-state index is 0.172. The van der Waals surface area contributed by atoms with Gasteiger partial charge in [-0.2, -0.15) is 0 Å². The molecule has 1 heterocycles. The van der Waals surface area contributed by atoms with Crippen molar-refractivity contribution in [2.75, 3.05) is 45.9 Å². The topological polar surface area (TPSA) is 45.2 Å². The maximum absolute atomic E-state index is 10.0. The normalized spacial score (nSPS) is 18.0. The molecule has 1 aliphatic rings. The van der Waals surface area contributed by atoms with Crippen LogP contribution < -0.4 is 4.74 Å². The molecule has 0 saturated carbocycles. The first kappa shape index (κ1) is 19.2. The molecule has 1 fully saturated rings. The number of benzene rings is 1. The molecule has 1 aromatic carbocycles. The monoisotopic (exact) mass is 336 g/mol. The van der Waals surface area contributed by atoms with Crippen molar-refractivity contribution in [3.05, 3.63) is 29.8 Å². The van der Waals surface area contributed by atoms with Crippen molar-refractivity contribution in [1.29, 1.82) is 0 Å². The van der Waals surface area contributed by atoms with Crippen LogP contribution in [0.3, 0.4) is 0 Å². The molecule has 1 aliphatic heterocycles. The summed E-state index contributed by atoms with van der Waals surface area (Å²) in [6, 6.07) is 8.37. The average Bonchev–Trinajstić information content (AvgIpc) is 2.57. The minimum atomic E-state index is -0.398. The zero-order valence-electron chi connectivity index (χ0n) is 15.3. The van der Waals surface area contributed by atoms with Crippen molar-refractivity contribution in [2.45, 2.75) is 39.5 Å². The molecule has 5 heteroatoms. The number of piperazine rings is 1. The van der Waals surface area contributed by atoms with Crippen LogP contribution in [-0.4, -0.2) is 73.1 Å². The quantitative estimate of drug-likeness (QED) is 0.747. The van der Waals surface area contributed by atoms with Crippen LogP contribution >= 0.6 is 0 Å². The smallest absolute Gasteiger partial charge is 0.119 e. The van der Waals surface area contributed by atoms with Gasteiger partial charge in [0.2, 0.25) is 0 Å². The largest absolute Gasteiger partial charge is 0.494 e. The first-order chi connectivity index (χ1) is 11.6. The number of hydrogen-bond donors (Lipinski definition) is 1. The van der Waals surface area contributed by atoms with E-state index in [9.17, 15) is 5.11 Å².